The molecule has 6 rings (SSSR count). The van der Waals surface area contributed by atoms with Crippen molar-refractivity contribution in [2.45, 2.75) is 58.7 Å². The molecule has 1 aliphatic heterocycles. The normalized spacial score (nSPS) is 21.2. The average molecular weight is 713 g/mol. The number of pyridine rings is 1. The number of carbonyl (C=O) groups is 3. The van der Waals surface area contributed by atoms with Gasteiger partial charge in [0.2, 0.25) is 11.8 Å². The number of ether oxygens (including phenoxy) is 1. The van der Waals surface area contributed by atoms with Gasteiger partial charge in [-0.05, 0) is 83.4 Å². The van der Waals surface area contributed by atoms with Gasteiger partial charge in [0.1, 0.15) is 34.5 Å². The van der Waals surface area contributed by atoms with E-state index < -0.39 is 6.04 Å². The summed E-state index contributed by atoms with van der Waals surface area (Å²) in [5.41, 5.74) is 3.19. The number of amides is 2. The van der Waals surface area contributed by atoms with E-state index in [2.05, 4.69) is 56.3 Å². The van der Waals surface area contributed by atoms with Gasteiger partial charge in [0.05, 0.1) is 18.7 Å². The molecule has 0 bridgehead atoms. The number of allylic oxidation sites excluding steroid dienone is 1. The number of aryl methyl sites for hydroxylation is 2. The molecule has 2 aliphatic rings. The Morgan fingerprint density at radius 1 is 1.15 bits per heavy atom. The molecule has 48 heavy (non-hydrogen) atoms. The first-order valence-corrected chi connectivity index (χ1v) is 16.7. The molecule has 1 N–H and O–H groups in total. The number of halogens is 1. The van der Waals surface area contributed by atoms with Crippen molar-refractivity contribution in [1.82, 2.24) is 29.6 Å². The fourth-order valence-corrected chi connectivity index (χ4v) is 7.48. The summed E-state index contributed by atoms with van der Waals surface area (Å²) in [7, 11) is 0. The molecule has 1 saturated heterocycles. The summed E-state index contributed by atoms with van der Waals surface area (Å²) >= 11 is 3.35. The third-order valence-electron chi connectivity index (χ3n) is 9.51. The molecule has 4 heterocycles. The van der Waals surface area contributed by atoms with Crippen molar-refractivity contribution >= 4 is 50.2 Å². The summed E-state index contributed by atoms with van der Waals surface area (Å²) in [6.45, 7) is 13.7. The van der Waals surface area contributed by atoms with Crippen molar-refractivity contribution in [2.75, 3.05) is 18.5 Å². The molecule has 1 unspecified atom stereocenters. The topological polar surface area (TPSA) is 132 Å². The minimum Gasteiger partial charge on any atom is -0.377 e. The average Bonchev–Trinajstić information content (AvgIpc) is 3.32. The van der Waals surface area contributed by atoms with Crippen LogP contribution >= 0.6 is 15.9 Å². The molecule has 4 atom stereocenters. The number of piperidine rings is 1. The van der Waals surface area contributed by atoms with Crippen molar-refractivity contribution in [2.24, 2.45) is 11.3 Å². The van der Waals surface area contributed by atoms with Gasteiger partial charge in [-0.15, -0.1) is 13.2 Å². The highest BCUT2D eigenvalue weighted by Gasteiger charge is 2.72. The van der Waals surface area contributed by atoms with Gasteiger partial charge in [0, 0.05) is 41.7 Å². The Labute approximate surface area is 287 Å². The van der Waals surface area contributed by atoms with Crippen LogP contribution in [0, 0.1) is 18.3 Å². The molecule has 4 aromatic rings. The van der Waals surface area contributed by atoms with E-state index in [1.54, 1.807) is 46.3 Å². The van der Waals surface area contributed by atoms with E-state index in [-0.39, 0.29) is 47.2 Å². The molecular formula is C36H38BrN7O4. The lowest BCUT2D eigenvalue weighted by atomic mass is 9.96. The van der Waals surface area contributed by atoms with Gasteiger partial charge in [-0.2, -0.15) is 5.10 Å². The molecule has 0 radical (unpaired) electrons. The van der Waals surface area contributed by atoms with E-state index in [4.69, 9.17) is 9.84 Å². The molecular weight excluding hydrogens is 674 g/mol. The lowest BCUT2D eigenvalue weighted by molar-refractivity contribution is -0.138. The number of nitrogens with one attached hydrogen (secondary N) is 1. The smallest absolute Gasteiger partial charge is 0.248 e. The Kier molecular flexibility index (Phi) is 9.39. The Hall–Kier alpha value is -4.55. The SMILES string of the molecule is C=CCCc1cc(-c2cnc(C)nc2)cc2c(C(C)=O)nn(CC(=O)N3C4[C@H](C)[C@]4(COCC=C)C[C@H]3C(=O)Nc3cccc(Br)n3)c12. The fraction of sp³-hybridized carbons (Fsp3) is 0.361. The van der Waals surface area contributed by atoms with Crippen molar-refractivity contribution in [3.05, 3.63) is 89.7 Å². The van der Waals surface area contributed by atoms with Crippen LogP contribution in [-0.4, -0.2) is 72.5 Å². The third-order valence-corrected chi connectivity index (χ3v) is 9.95. The second kappa shape index (κ2) is 13.5. The van der Waals surface area contributed by atoms with Crippen LogP contribution in [-0.2, 0) is 27.3 Å². The molecule has 248 valence electrons. The molecule has 2 amide bonds. The second-order valence-corrected chi connectivity index (χ2v) is 13.4. The van der Waals surface area contributed by atoms with Crippen LogP contribution in [0.15, 0.2) is 72.6 Å². The van der Waals surface area contributed by atoms with E-state index in [0.29, 0.717) is 59.6 Å². The summed E-state index contributed by atoms with van der Waals surface area (Å²) in [6, 6.07) is 8.27. The minimum absolute atomic E-state index is 0.129. The molecule has 1 aromatic carbocycles. The zero-order chi connectivity index (χ0) is 34.2. The van der Waals surface area contributed by atoms with Crippen molar-refractivity contribution in [1.29, 1.82) is 0 Å². The van der Waals surface area contributed by atoms with Gasteiger partial charge in [0.25, 0.3) is 0 Å². The number of Topliss-reactive ketones (excluding diaryl/α,β-unsaturated/α-hetero) is 1. The van der Waals surface area contributed by atoms with Gasteiger partial charge >= 0.3 is 0 Å². The molecule has 2 fully saturated rings. The number of rotatable bonds is 13. The van der Waals surface area contributed by atoms with Gasteiger partial charge in [0.15, 0.2) is 5.78 Å². The standard InChI is InChI=1S/C36H38BrN7O4/c1-6-8-10-24-14-25(26-17-38-23(5)39-18-26)15-27-32(22(4)45)42-43(33(24)27)19-31(46)44-28(35(47)41-30-12-9-11-29(37)40-30)16-36(20-48-13-7-2)21(3)34(36)44/h6-7,9,11-12,14-15,17-18,21,28,34H,1-2,8,10,13,16,19-20H2,3-5H3,(H,40,41,47)/t21-,28-,34?,36+/m0/s1. The van der Waals surface area contributed by atoms with Gasteiger partial charge < -0.3 is 15.0 Å². The summed E-state index contributed by atoms with van der Waals surface area (Å²) < 4.78 is 8.11. The largest absolute Gasteiger partial charge is 0.377 e. The van der Waals surface area contributed by atoms with Crippen LogP contribution in [0.4, 0.5) is 5.82 Å². The Balaban J connectivity index is 1.38. The number of ketones is 1. The minimum atomic E-state index is -0.741. The third kappa shape index (κ3) is 6.22. The highest BCUT2D eigenvalue weighted by molar-refractivity contribution is 9.10. The van der Waals surface area contributed by atoms with Gasteiger partial charge in [-0.1, -0.05) is 25.1 Å². The summed E-state index contributed by atoms with van der Waals surface area (Å²) in [4.78, 5) is 56.0. The predicted molar refractivity (Wildman–Crippen MR) is 186 cm³/mol. The number of benzene rings is 1. The van der Waals surface area contributed by atoms with Crippen LogP contribution in [0.5, 0.6) is 0 Å². The summed E-state index contributed by atoms with van der Waals surface area (Å²) in [5.74, 6) is 0.380. The number of hydrogen-bond donors (Lipinski definition) is 1. The number of fused-ring (bicyclic) bond motifs is 2. The van der Waals surface area contributed by atoms with Crippen LogP contribution in [0.3, 0.4) is 0 Å². The zero-order valence-corrected chi connectivity index (χ0v) is 28.9. The van der Waals surface area contributed by atoms with Crippen LogP contribution < -0.4 is 5.32 Å². The van der Waals surface area contributed by atoms with E-state index >= 15 is 0 Å². The van der Waals surface area contributed by atoms with E-state index in [1.165, 1.54) is 6.92 Å². The highest BCUT2D eigenvalue weighted by Crippen LogP contribution is 2.64. The zero-order valence-electron chi connectivity index (χ0n) is 27.3. The number of anilines is 1. The lowest BCUT2D eigenvalue weighted by Gasteiger charge is -2.28. The molecule has 12 heteroatoms. The van der Waals surface area contributed by atoms with Gasteiger partial charge in [-0.25, -0.2) is 15.0 Å². The number of likely N-dealkylation sites (tertiary alicyclic amines) is 1. The predicted octanol–water partition coefficient (Wildman–Crippen LogP) is 5.73. The van der Waals surface area contributed by atoms with Crippen molar-refractivity contribution < 1.29 is 19.1 Å². The lowest BCUT2D eigenvalue weighted by Crippen LogP contribution is -2.47. The number of carbonyl (C=O) groups excluding carboxylic acids is 3. The van der Waals surface area contributed by atoms with Gasteiger partial charge in [-0.3, -0.25) is 19.1 Å². The second-order valence-electron chi connectivity index (χ2n) is 12.6. The first kappa shape index (κ1) is 33.4. The first-order valence-electron chi connectivity index (χ1n) is 16.0. The monoisotopic (exact) mass is 711 g/mol. The number of hydrogen-bond acceptors (Lipinski definition) is 8. The maximum absolute atomic E-state index is 14.4. The van der Waals surface area contributed by atoms with Crippen molar-refractivity contribution in [3.63, 3.8) is 0 Å². The Morgan fingerprint density at radius 2 is 1.92 bits per heavy atom. The van der Waals surface area contributed by atoms with Crippen molar-refractivity contribution in [3.8, 4) is 11.1 Å². The molecule has 3 aromatic heterocycles. The Morgan fingerprint density at radius 3 is 2.60 bits per heavy atom. The fourth-order valence-electron chi connectivity index (χ4n) is 7.14. The van der Waals surface area contributed by atoms with E-state index in [1.807, 2.05) is 25.1 Å². The van der Waals surface area contributed by atoms with Crippen LogP contribution in [0.2, 0.25) is 0 Å². The maximum atomic E-state index is 14.4. The van der Waals surface area contributed by atoms with E-state index in [0.717, 1.165) is 16.7 Å². The highest BCUT2D eigenvalue weighted by atomic mass is 79.9. The number of aromatic nitrogens is 5. The number of nitrogens with zero attached hydrogens (tertiary/aromatic N) is 6. The van der Waals surface area contributed by atoms with Crippen LogP contribution in [0.25, 0.3) is 22.0 Å². The maximum Gasteiger partial charge on any atom is 0.248 e. The molecule has 1 aliphatic carbocycles. The summed E-state index contributed by atoms with van der Waals surface area (Å²) in [6.07, 6.45) is 8.79. The molecule has 1 saturated carbocycles. The Bertz CT molecular complexity index is 1920. The quantitative estimate of drug-likeness (QED) is 0.0806. The molecule has 11 nitrogen and oxygen atoms in total. The summed E-state index contributed by atoms with van der Waals surface area (Å²) in [5, 5.41) is 8.26. The van der Waals surface area contributed by atoms with Crippen LogP contribution in [0.1, 0.15) is 48.6 Å². The van der Waals surface area contributed by atoms with E-state index in [9.17, 15) is 14.4 Å². The molecule has 0 spiro atoms. The first-order chi connectivity index (χ1) is 23.1.